The van der Waals surface area contributed by atoms with Gasteiger partial charge in [-0.1, -0.05) is 15.9 Å². The van der Waals surface area contributed by atoms with Gasteiger partial charge in [0, 0.05) is 22.6 Å². The maximum absolute atomic E-state index is 12.2. The fraction of sp³-hybridized carbons (Fsp3) is 0.105. The second-order valence-corrected chi connectivity index (χ2v) is 6.68. The molecule has 2 heterocycles. The molecule has 0 radical (unpaired) electrons. The summed E-state index contributed by atoms with van der Waals surface area (Å²) in [6, 6.07) is 10.4. The van der Waals surface area contributed by atoms with Gasteiger partial charge in [-0.25, -0.2) is 9.79 Å². The predicted octanol–water partition coefficient (Wildman–Crippen LogP) is 3.48. The number of carbonyl (C=O) groups excluding carboxylic acids is 2. The van der Waals surface area contributed by atoms with E-state index in [2.05, 4.69) is 26.2 Å². The summed E-state index contributed by atoms with van der Waals surface area (Å²) < 4.78 is 16.7. The monoisotopic (exact) mass is 428 g/mol. The lowest BCUT2D eigenvalue weighted by molar-refractivity contribution is -0.129. The van der Waals surface area contributed by atoms with Gasteiger partial charge in [0.25, 0.3) is 0 Å². The number of nitrogens with zero attached hydrogens (tertiary/aromatic N) is 1. The first-order valence-corrected chi connectivity index (χ1v) is 8.78. The van der Waals surface area contributed by atoms with Gasteiger partial charge >= 0.3 is 5.97 Å². The number of fused-ring (bicyclic) bond motifs is 1. The van der Waals surface area contributed by atoms with E-state index in [1.165, 1.54) is 6.92 Å². The van der Waals surface area contributed by atoms with Crippen molar-refractivity contribution in [3.8, 4) is 11.5 Å². The highest BCUT2D eigenvalue weighted by Crippen LogP contribution is 2.38. The number of rotatable bonds is 3. The number of aliphatic imine (C=N–C) groups is 1. The van der Waals surface area contributed by atoms with Gasteiger partial charge < -0.3 is 19.5 Å². The smallest absolute Gasteiger partial charge is 0.363 e. The van der Waals surface area contributed by atoms with Gasteiger partial charge in [0.05, 0.1) is 0 Å². The van der Waals surface area contributed by atoms with Gasteiger partial charge in [0.2, 0.25) is 18.6 Å². The van der Waals surface area contributed by atoms with Crippen molar-refractivity contribution in [1.29, 1.82) is 0 Å². The number of ether oxygens (including phenoxy) is 3. The molecular weight excluding hydrogens is 416 g/mol. The first kappa shape index (κ1) is 17.3. The molecule has 7 nitrogen and oxygen atoms in total. The number of amides is 1. The topological polar surface area (TPSA) is 86.2 Å². The fourth-order valence-electron chi connectivity index (χ4n) is 2.62. The normalized spacial score (nSPS) is 16.3. The van der Waals surface area contributed by atoms with Crippen LogP contribution in [0.3, 0.4) is 0 Å². The summed E-state index contributed by atoms with van der Waals surface area (Å²) in [5.74, 6) is 0.751. The average Bonchev–Trinajstić information content (AvgIpc) is 3.22. The molecule has 0 bridgehead atoms. The van der Waals surface area contributed by atoms with Crippen molar-refractivity contribution in [3.63, 3.8) is 0 Å². The van der Waals surface area contributed by atoms with Crippen molar-refractivity contribution < 1.29 is 23.8 Å². The van der Waals surface area contributed by atoms with Gasteiger partial charge in [-0.3, -0.25) is 4.79 Å². The SMILES string of the molecule is CC(=O)Nc1ccc(C2=NC(=Cc3cc4c(cc3Br)OCO4)C(=O)O2)cc1. The maximum atomic E-state index is 12.2. The van der Waals surface area contributed by atoms with E-state index in [0.717, 1.165) is 10.0 Å². The minimum Gasteiger partial charge on any atom is -0.454 e. The van der Waals surface area contributed by atoms with Crippen LogP contribution in [0.5, 0.6) is 11.5 Å². The van der Waals surface area contributed by atoms with E-state index in [9.17, 15) is 9.59 Å². The summed E-state index contributed by atoms with van der Waals surface area (Å²) >= 11 is 3.45. The number of nitrogens with one attached hydrogen (secondary N) is 1. The number of esters is 1. The van der Waals surface area contributed by atoms with Crippen LogP contribution in [-0.2, 0) is 14.3 Å². The van der Waals surface area contributed by atoms with Crippen molar-refractivity contribution in [2.24, 2.45) is 4.99 Å². The molecule has 1 amide bonds. The van der Waals surface area contributed by atoms with Crippen molar-refractivity contribution in [3.05, 3.63) is 57.7 Å². The molecule has 8 heteroatoms. The molecule has 0 saturated heterocycles. The second-order valence-electron chi connectivity index (χ2n) is 5.82. The zero-order chi connectivity index (χ0) is 19.0. The van der Waals surface area contributed by atoms with E-state index in [0.29, 0.717) is 22.7 Å². The molecule has 0 fully saturated rings. The van der Waals surface area contributed by atoms with Crippen LogP contribution in [-0.4, -0.2) is 24.6 Å². The van der Waals surface area contributed by atoms with Crippen LogP contribution in [0, 0.1) is 0 Å². The van der Waals surface area contributed by atoms with E-state index >= 15 is 0 Å². The highest BCUT2D eigenvalue weighted by atomic mass is 79.9. The summed E-state index contributed by atoms with van der Waals surface area (Å²) in [6.45, 7) is 1.60. The van der Waals surface area contributed by atoms with E-state index in [1.807, 2.05) is 0 Å². The molecule has 2 aliphatic rings. The first-order chi connectivity index (χ1) is 13.0. The Morgan fingerprint density at radius 2 is 1.89 bits per heavy atom. The molecule has 4 rings (SSSR count). The number of benzene rings is 2. The minimum atomic E-state index is -0.541. The van der Waals surface area contributed by atoms with Crippen LogP contribution in [0.4, 0.5) is 5.69 Å². The second kappa shape index (κ2) is 6.88. The third-order valence-corrected chi connectivity index (χ3v) is 4.54. The summed E-state index contributed by atoms with van der Waals surface area (Å²) in [6.07, 6.45) is 1.62. The third-order valence-electron chi connectivity index (χ3n) is 3.86. The van der Waals surface area contributed by atoms with E-state index in [-0.39, 0.29) is 24.3 Å². The lowest BCUT2D eigenvalue weighted by Crippen LogP contribution is -2.07. The van der Waals surface area contributed by atoms with Gasteiger partial charge in [-0.05, 0) is 48.0 Å². The Morgan fingerprint density at radius 3 is 2.59 bits per heavy atom. The standard InChI is InChI=1S/C19H13BrN2O5/c1-10(23)21-13-4-2-11(3-5-13)18-22-15(19(24)27-18)6-12-7-16-17(8-14(12)20)26-9-25-16/h2-8H,9H2,1H3,(H,21,23). The van der Waals surface area contributed by atoms with Crippen LogP contribution >= 0.6 is 15.9 Å². The molecular formula is C19H13BrN2O5. The minimum absolute atomic E-state index is 0.160. The lowest BCUT2D eigenvalue weighted by atomic mass is 10.1. The van der Waals surface area contributed by atoms with Crippen molar-refractivity contribution in [2.45, 2.75) is 6.92 Å². The Kier molecular flexibility index (Phi) is 4.41. The van der Waals surface area contributed by atoms with E-state index in [1.54, 1.807) is 42.5 Å². The molecule has 2 aliphatic heterocycles. The molecule has 136 valence electrons. The molecule has 27 heavy (non-hydrogen) atoms. The number of anilines is 1. The van der Waals surface area contributed by atoms with Crippen LogP contribution in [0.1, 0.15) is 18.1 Å². The Labute approximate surface area is 162 Å². The van der Waals surface area contributed by atoms with Crippen molar-refractivity contribution in [1.82, 2.24) is 0 Å². The third kappa shape index (κ3) is 3.56. The Morgan fingerprint density at radius 1 is 1.19 bits per heavy atom. The molecule has 2 aromatic rings. The number of halogens is 1. The van der Waals surface area contributed by atoms with E-state index in [4.69, 9.17) is 14.2 Å². The van der Waals surface area contributed by atoms with Gasteiger partial charge in [0.15, 0.2) is 17.2 Å². The maximum Gasteiger partial charge on any atom is 0.363 e. The highest BCUT2D eigenvalue weighted by molar-refractivity contribution is 9.10. The van der Waals surface area contributed by atoms with Crippen LogP contribution in [0.2, 0.25) is 0 Å². The molecule has 0 aromatic heterocycles. The Bertz CT molecular complexity index is 1010. The van der Waals surface area contributed by atoms with Gasteiger partial charge in [0.1, 0.15) is 0 Å². The summed E-state index contributed by atoms with van der Waals surface area (Å²) in [5, 5.41) is 2.67. The number of hydrogen-bond donors (Lipinski definition) is 1. The molecule has 0 spiro atoms. The van der Waals surface area contributed by atoms with Gasteiger partial charge in [-0.15, -0.1) is 0 Å². The van der Waals surface area contributed by atoms with Crippen LogP contribution in [0.15, 0.2) is 51.6 Å². The fourth-order valence-corrected chi connectivity index (χ4v) is 3.06. The summed E-state index contributed by atoms with van der Waals surface area (Å²) in [4.78, 5) is 27.6. The number of carbonyl (C=O) groups is 2. The summed E-state index contributed by atoms with van der Waals surface area (Å²) in [5.41, 5.74) is 2.18. The lowest BCUT2D eigenvalue weighted by Gasteiger charge is -2.03. The van der Waals surface area contributed by atoms with Gasteiger partial charge in [-0.2, -0.15) is 0 Å². The number of hydrogen-bond acceptors (Lipinski definition) is 6. The predicted molar refractivity (Wildman–Crippen MR) is 102 cm³/mol. The molecule has 0 saturated carbocycles. The quantitative estimate of drug-likeness (QED) is 0.597. The first-order valence-electron chi connectivity index (χ1n) is 7.99. The highest BCUT2D eigenvalue weighted by Gasteiger charge is 2.25. The average molecular weight is 429 g/mol. The zero-order valence-electron chi connectivity index (χ0n) is 14.1. The van der Waals surface area contributed by atoms with E-state index < -0.39 is 5.97 Å². The molecule has 0 atom stereocenters. The molecule has 1 N–H and O–H groups in total. The largest absolute Gasteiger partial charge is 0.454 e. The Hall–Kier alpha value is -3.13. The Balaban J connectivity index is 1.61. The molecule has 0 unspecified atom stereocenters. The summed E-state index contributed by atoms with van der Waals surface area (Å²) in [7, 11) is 0. The zero-order valence-corrected chi connectivity index (χ0v) is 15.7. The van der Waals surface area contributed by atoms with Crippen molar-refractivity contribution >= 4 is 45.5 Å². The van der Waals surface area contributed by atoms with Crippen molar-refractivity contribution in [2.75, 3.05) is 12.1 Å². The molecule has 2 aromatic carbocycles. The van der Waals surface area contributed by atoms with Crippen LogP contribution in [0.25, 0.3) is 6.08 Å². The number of cyclic esters (lactones) is 1. The molecule has 0 aliphatic carbocycles. The van der Waals surface area contributed by atoms with Crippen LogP contribution < -0.4 is 14.8 Å².